The van der Waals surface area contributed by atoms with Crippen molar-refractivity contribution in [2.45, 2.75) is 66.0 Å². The molecule has 1 aliphatic rings. The monoisotopic (exact) mass is 512 g/mol. The number of benzene rings is 1. The number of fused-ring (bicyclic) bond motifs is 3. The van der Waals surface area contributed by atoms with Crippen LogP contribution >= 0.6 is 22.9 Å². The molecule has 0 spiro atoms. The van der Waals surface area contributed by atoms with Gasteiger partial charge in [-0.1, -0.05) is 37.6 Å². The summed E-state index contributed by atoms with van der Waals surface area (Å²) in [6.07, 6.45) is 2.17. The van der Waals surface area contributed by atoms with Crippen LogP contribution in [0.4, 0.5) is 0 Å². The normalized spacial score (nSPS) is 14.9. The Labute approximate surface area is 216 Å². The van der Waals surface area contributed by atoms with E-state index >= 15 is 0 Å². The SMILES string of the molecule is Cc1sc2c(c1C)C(c1ccc(Cl)cc1)=N[C@@H](CC(=O)NCCCCNC(C)C)c1nnc(C)n1-2. The Hall–Kier alpha value is -2.55. The van der Waals surface area contributed by atoms with Crippen molar-refractivity contribution in [2.24, 2.45) is 4.99 Å². The molecule has 2 aromatic heterocycles. The lowest BCUT2D eigenvalue weighted by Gasteiger charge is -2.13. The topological polar surface area (TPSA) is 84.2 Å². The molecule has 0 unspecified atom stereocenters. The number of aromatic nitrogens is 3. The lowest BCUT2D eigenvalue weighted by atomic mass is 9.99. The molecule has 0 bridgehead atoms. The molecule has 186 valence electrons. The predicted octanol–water partition coefficient (Wildman–Crippen LogP) is 5.08. The van der Waals surface area contributed by atoms with E-state index < -0.39 is 6.04 Å². The molecule has 0 saturated carbocycles. The summed E-state index contributed by atoms with van der Waals surface area (Å²) in [6.45, 7) is 12.1. The lowest BCUT2D eigenvalue weighted by Crippen LogP contribution is -2.28. The minimum absolute atomic E-state index is 0.0311. The van der Waals surface area contributed by atoms with Crippen LogP contribution in [0.3, 0.4) is 0 Å². The summed E-state index contributed by atoms with van der Waals surface area (Å²) in [5, 5.41) is 17.0. The van der Waals surface area contributed by atoms with Crippen LogP contribution in [0.2, 0.25) is 5.02 Å². The van der Waals surface area contributed by atoms with Crippen LogP contribution in [-0.4, -0.2) is 45.5 Å². The van der Waals surface area contributed by atoms with Crippen LogP contribution in [0.5, 0.6) is 0 Å². The van der Waals surface area contributed by atoms with Crippen LogP contribution in [0.1, 0.15) is 72.4 Å². The molecular weight excluding hydrogens is 480 g/mol. The highest BCUT2D eigenvalue weighted by Gasteiger charge is 2.32. The number of halogens is 1. The highest BCUT2D eigenvalue weighted by molar-refractivity contribution is 7.15. The second-order valence-corrected chi connectivity index (χ2v) is 10.9. The summed E-state index contributed by atoms with van der Waals surface area (Å²) in [4.78, 5) is 19.3. The van der Waals surface area contributed by atoms with E-state index in [1.807, 2.05) is 31.2 Å². The van der Waals surface area contributed by atoms with Gasteiger partial charge in [0.1, 0.15) is 16.9 Å². The Morgan fingerprint density at radius 2 is 1.83 bits per heavy atom. The maximum atomic E-state index is 12.9. The summed E-state index contributed by atoms with van der Waals surface area (Å²) in [5.41, 5.74) is 4.08. The molecule has 1 aromatic carbocycles. The lowest BCUT2D eigenvalue weighted by molar-refractivity contribution is -0.121. The Morgan fingerprint density at radius 1 is 1.11 bits per heavy atom. The number of nitrogens with zero attached hydrogens (tertiary/aromatic N) is 4. The zero-order valence-electron chi connectivity index (χ0n) is 21.0. The fourth-order valence-corrected chi connectivity index (χ4v) is 5.59. The third-order valence-corrected chi connectivity index (χ3v) is 7.66. The molecule has 2 N–H and O–H groups in total. The molecule has 7 nitrogen and oxygen atoms in total. The smallest absolute Gasteiger partial charge is 0.222 e. The Balaban J connectivity index is 1.63. The number of hydrogen-bond acceptors (Lipinski definition) is 6. The van der Waals surface area contributed by atoms with Crippen molar-refractivity contribution < 1.29 is 4.79 Å². The number of nitrogens with one attached hydrogen (secondary N) is 2. The van der Waals surface area contributed by atoms with Crippen LogP contribution in [-0.2, 0) is 4.79 Å². The van der Waals surface area contributed by atoms with Crippen molar-refractivity contribution in [1.82, 2.24) is 25.4 Å². The van der Waals surface area contributed by atoms with Gasteiger partial charge in [0, 0.05) is 33.6 Å². The molecule has 0 fully saturated rings. The zero-order valence-corrected chi connectivity index (χ0v) is 22.6. The van der Waals surface area contributed by atoms with Gasteiger partial charge in [0.2, 0.25) is 5.91 Å². The standard InChI is InChI=1S/C26H33ClN6OS/c1-15(2)28-12-6-7-13-29-22(34)14-21-25-32-31-18(5)33(25)26-23(16(3)17(4)35-26)24(30-21)19-8-10-20(27)11-9-19/h8-11,15,21,28H,6-7,12-14H2,1-5H3,(H,29,34)/t21-/m0/s1. The third kappa shape index (κ3) is 5.66. The van der Waals surface area contributed by atoms with E-state index in [4.69, 9.17) is 16.6 Å². The van der Waals surface area contributed by atoms with Crippen molar-refractivity contribution in [3.05, 3.63) is 62.5 Å². The van der Waals surface area contributed by atoms with Crippen LogP contribution in [0, 0.1) is 20.8 Å². The van der Waals surface area contributed by atoms with Gasteiger partial charge < -0.3 is 10.6 Å². The van der Waals surface area contributed by atoms with E-state index in [0.717, 1.165) is 47.1 Å². The van der Waals surface area contributed by atoms with Gasteiger partial charge in [-0.15, -0.1) is 21.5 Å². The van der Waals surface area contributed by atoms with Gasteiger partial charge in [-0.2, -0.15) is 0 Å². The van der Waals surface area contributed by atoms with E-state index in [1.165, 1.54) is 10.4 Å². The summed E-state index contributed by atoms with van der Waals surface area (Å²) < 4.78 is 2.07. The largest absolute Gasteiger partial charge is 0.356 e. The number of carbonyl (C=O) groups is 1. The first kappa shape index (κ1) is 25.5. The fourth-order valence-electron chi connectivity index (χ4n) is 4.25. The van der Waals surface area contributed by atoms with Crippen LogP contribution < -0.4 is 10.6 Å². The molecule has 1 amide bonds. The molecule has 4 rings (SSSR count). The molecule has 3 heterocycles. The van der Waals surface area contributed by atoms with Crippen molar-refractivity contribution in [1.29, 1.82) is 0 Å². The van der Waals surface area contributed by atoms with Gasteiger partial charge in [0.25, 0.3) is 0 Å². The van der Waals surface area contributed by atoms with Gasteiger partial charge in [-0.3, -0.25) is 14.4 Å². The number of amides is 1. The average molecular weight is 513 g/mol. The minimum atomic E-state index is -0.441. The number of unbranched alkanes of at least 4 members (excludes halogenated alkanes) is 1. The van der Waals surface area contributed by atoms with Crippen molar-refractivity contribution in [2.75, 3.05) is 13.1 Å². The van der Waals surface area contributed by atoms with E-state index in [1.54, 1.807) is 11.3 Å². The van der Waals surface area contributed by atoms with E-state index in [2.05, 4.69) is 53.1 Å². The highest BCUT2D eigenvalue weighted by atomic mass is 35.5. The van der Waals surface area contributed by atoms with Crippen LogP contribution in [0.25, 0.3) is 5.00 Å². The molecule has 35 heavy (non-hydrogen) atoms. The summed E-state index contributed by atoms with van der Waals surface area (Å²) in [5.74, 6) is 1.46. The maximum Gasteiger partial charge on any atom is 0.222 e. The first-order valence-corrected chi connectivity index (χ1v) is 13.3. The number of hydrogen-bond donors (Lipinski definition) is 2. The van der Waals surface area contributed by atoms with Gasteiger partial charge >= 0.3 is 0 Å². The Kier molecular flexibility index (Phi) is 8.04. The average Bonchev–Trinajstić information content (AvgIpc) is 3.29. The zero-order chi connectivity index (χ0) is 25.1. The number of thiophene rings is 1. The molecule has 0 saturated heterocycles. The van der Waals surface area contributed by atoms with Gasteiger partial charge in [-0.25, -0.2) is 0 Å². The number of aryl methyl sites for hydroxylation is 2. The fraction of sp³-hybridized carbons (Fsp3) is 0.462. The first-order valence-electron chi connectivity index (χ1n) is 12.1. The van der Waals surface area contributed by atoms with Crippen molar-refractivity contribution >= 4 is 34.6 Å². The first-order chi connectivity index (χ1) is 16.8. The molecule has 0 radical (unpaired) electrons. The Bertz CT molecular complexity index is 1230. The van der Waals surface area contributed by atoms with Crippen LogP contribution in [0.15, 0.2) is 29.3 Å². The van der Waals surface area contributed by atoms with Gasteiger partial charge in [0.15, 0.2) is 5.82 Å². The quantitative estimate of drug-likeness (QED) is 0.391. The van der Waals surface area contributed by atoms with E-state index in [9.17, 15) is 4.79 Å². The Morgan fingerprint density at radius 3 is 2.54 bits per heavy atom. The van der Waals surface area contributed by atoms with Crippen molar-refractivity contribution in [3.63, 3.8) is 0 Å². The predicted molar refractivity (Wildman–Crippen MR) is 143 cm³/mol. The van der Waals surface area contributed by atoms with Gasteiger partial charge in [-0.05, 0) is 57.9 Å². The molecule has 9 heteroatoms. The number of rotatable bonds is 9. The second kappa shape index (κ2) is 11.0. The van der Waals surface area contributed by atoms with Gasteiger partial charge in [0.05, 0.1) is 12.1 Å². The van der Waals surface area contributed by atoms with E-state index in [-0.39, 0.29) is 12.3 Å². The minimum Gasteiger partial charge on any atom is -0.356 e. The molecule has 0 aliphatic carbocycles. The second-order valence-electron chi connectivity index (χ2n) is 9.27. The molecule has 1 aliphatic heterocycles. The highest BCUT2D eigenvalue weighted by Crippen LogP contribution is 2.39. The maximum absolute atomic E-state index is 12.9. The molecule has 1 atom stereocenters. The number of aliphatic imine (C=N–C) groups is 1. The van der Waals surface area contributed by atoms with E-state index in [0.29, 0.717) is 23.4 Å². The molecule has 3 aromatic rings. The number of carbonyl (C=O) groups excluding carboxylic acids is 1. The summed E-state index contributed by atoms with van der Waals surface area (Å²) >= 11 is 7.88. The van der Waals surface area contributed by atoms with Crippen molar-refractivity contribution in [3.8, 4) is 5.00 Å². The molecular formula is C26H33ClN6OS. The summed E-state index contributed by atoms with van der Waals surface area (Å²) in [7, 11) is 0. The summed E-state index contributed by atoms with van der Waals surface area (Å²) in [6, 6.07) is 7.75. The third-order valence-electron chi connectivity index (χ3n) is 6.21.